The van der Waals surface area contributed by atoms with E-state index in [4.69, 9.17) is 14.2 Å². The van der Waals surface area contributed by atoms with Crippen LogP contribution >= 0.6 is 0 Å². The Morgan fingerprint density at radius 1 is 0.646 bits per heavy atom. The van der Waals surface area contributed by atoms with Crippen molar-refractivity contribution >= 4 is 5.97 Å². The minimum Gasteiger partial charge on any atom is -0.458 e. The number of hydrogen-bond acceptors (Lipinski definition) is 8. The highest BCUT2D eigenvalue weighted by molar-refractivity contribution is 5.66. The Kier molecular flexibility index (Phi) is 28.8. The SMILES string of the molecule is CCCCCCCCCCCCCC/C(=C\[C@H](CCCCCCCCCCCCCC)OC(C)=O)CO[C@@H]1O[C@H](CO)[C@@H](O)[C@H](O)[C@H]1O. The molecule has 0 saturated carbocycles. The lowest BCUT2D eigenvalue weighted by Crippen LogP contribution is -2.59. The van der Waals surface area contributed by atoms with Crippen molar-refractivity contribution in [2.45, 2.75) is 225 Å². The molecule has 1 saturated heterocycles. The van der Waals surface area contributed by atoms with Crippen LogP contribution in [0.25, 0.3) is 0 Å². The van der Waals surface area contributed by atoms with Gasteiger partial charge in [0.2, 0.25) is 0 Å². The van der Waals surface area contributed by atoms with Gasteiger partial charge in [0.25, 0.3) is 0 Å². The van der Waals surface area contributed by atoms with E-state index in [1.807, 2.05) is 6.08 Å². The van der Waals surface area contributed by atoms with Crippen LogP contribution in [0.1, 0.15) is 188 Å². The van der Waals surface area contributed by atoms with E-state index in [1.54, 1.807) is 0 Å². The fourth-order valence-corrected chi connectivity index (χ4v) is 6.63. The quantitative estimate of drug-likeness (QED) is 0.0315. The molecule has 8 nitrogen and oxygen atoms in total. The van der Waals surface area contributed by atoms with Crippen LogP contribution in [0, 0.1) is 0 Å². The number of rotatable bonds is 32. The number of carbonyl (C=O) groups is 1. The molecule has 1 fully saturated rings. The second-order valence-electron chi connectivity index (χ2n) is 14.3. The van der Waals surface area contributed by atoms with Gasteiger partial charge in [0.15, 0.2) is 6.29 Å². The molecule has 1 heterocycles. The number of ether oxygens (including phenoxy) is 3. The van der Waals surface area contributed by atoms with Gasteiger partial charge in [-0.2, -0.15) is 0 Å². The Morgan fingerprint density at radius 3 is 1.52 bits per heavy atom. The number of aliphatic hydroxyl groups is 4. The third-order valence-corrected chi connectivity index (χ3v) is 9.71. The van der Waals surface area contributed by atoms with Crippen LogP contribution < -0.4 is 0 Å². The van der Waals surface area contributed by atoms with Gasteiger partial charge < -0.3 is 34.6 Å². The summed E-state index contributed by atoms with van der Waals surface area (Å²) in [4.78, 5) is 12.0. The molecule has 0 aromatic rings. The van der Waals surface area contributed by atoms with Crippen LogP contribution in [0.5, 0.6) is 0 Å². The average molecular weight is 685 g/mol. The van der Waals surface area contributed by atoms with Crippen molar-refractivity contribution in [2.24, 2.45) is 0 Å². The second-order valence-corrected chi connectivity index (χ2v) is 14.3. The van der Waals surface area contributed by atoms with E-state index >= 15 is 0 Å². The summed E-state index contributed by atoms with van der Waals surface area (Å²) in [5, 5.41) is 40.4. The summed E-state index contributed by atoms with van der Waals surface area (Å²) in [6.07, 6.45) is 27.0. The molecule has 0 radical (unpaired) electrons. The van der Waals surface area contributed by atoms with Crippen molar-refractivity contribution in [3.63, 3.8) is 0 Å². The molecule has 284 valence electrons. The van der Waals surface area contributed by atoms with Gasteiger partial charge in [-0.05, 0) is 37.3 Å². The Morgan fingerprint density at radius 2 is 1.08 bits per heavy atom. The van der Waals surface area contributed by atoms with Crippen molar-refractivity contribution in [1.29, 1.82) is 0 Å². The van der Waals surface area contributed by atoms with E-state index in [0.29, 0.717) is 0 Å². The molecule has 1 aliphatic rings. The van der Waals surface area contributed by atoms with E-state index < -0.39 is 37.3 Å². The van der Waals surface area contributed by atoms with E-state index in [2.05, 4.69) is 13.8 Å². The zero-order valence-corrected chi connectivity index (χ0v) is 31.3. The normalized spacial score (nSPS) is 22.2. The van der Waals surface area contributed by atoms with Gasteiger partial charge in [-0.3, -0.25) is 4.79 Å². The largest absolute Gasteiger partial charge is 0.458 e. The van der Waals surface area contributed by atoms with Crippen LogP contribution in [-0.2, 0) is 19.0 Å². The Balaban J connectivity index is 2.60. The molecule has 0 spiro atoms. The van der Waals surface area contributed by atoms with E-state index in [-0.39, 0.29) is 18.7 Å². The maximum atomic E-state index is 12.0. The Hall–Kier alpha value is -1.03. The molecule has 0 amide bonds. The first-order valence-corrected chi connectivity index (χ1v) is 20.1. The number of esters is 1. The monoisotopic (exact) mass is 685 g/mol. The predicted molar refractivity (Wildman–Crippen MR) is 195 cm³/mol. The highest BCUT2D eigenvalue weighted by Crippen LogP contribution is 2.24. The van der Waals surface area contributed by atoms with Crippen molar-refractivity contribution in [3.05, 3.63) is 11.6 Å². The van der Waals surface area contributed by atoms with Crippen molar-refractivity contribution in [1.82, 2.24) is 0 Å². The molecule has 1 rings (SSSR count). The minimum absolute atomic E-state index is 0.136. The molecule has 48 heavy (non-hydrogen) atoms. The average Bonchev–Trinajstić information content (AvgIpc) is 3.07. The first kappa shape index (κ1) is 45.0. The molecule has 0 aliphatic carbocycles. The highest BCUT2D eigenvalue weighted by atomic mass is 16.7. The molecule has 6 atom stereocenters. The van der Waals surface area contributed by atoms with Gasteiger partial charge >= 0.3 is 5.97 Å². The van der Waals surface area contributed by atoms with Gasteiger partial charge in [-0.1, -0.05) is 155 Å². The van der Waals surface area contributed by atoms with Gasteiger partial charge in [0.05, 0.1) is 13.2 Å². The van der Waals surface area contributed by atoms with Crippen molar-refractivity contribution in [2.75, 3.05) is 13.2 Å². The zero-order chi connectivity index (χ0) is 35.2. The van der Waals surface area contributed by atoms with Crippen LogP contribution in [0.3, 0.4) is 0 Å². The van der Waals surface area contributed by atoms with Gasteiger partial charge in [-0.15, -0.1) is 0 Å². The first-order valence-electron chi connectivity index (χ1n) is 20.1. The molecule has 0 bridgehead atoms. The fraction of sp³-hybridized carbons (Fsp3) is 0.925. The maximum Gasteiger partial charge on any atom is 0.303 e. The molecule has 0 unspecified atom stereocenters. The Bertz CT molecular complexity index is 772. The van der Waals surface area contributed by atoms with Gasteiger partial charge in [-0.25, -0.2) is 0 Å². The molecule has 1 aliphatic heterocycles. The van der Waals surface area contributed by atoms with E-state index in [9.17, 15) is 25.2 Å². The summed E-state index contributed by atoms with van der Waals surface area (Å²) in [5.74, 6) is -0.310. The molecule has 4 N–H and O–H groups in total. The molecule has 0 aromatic heterocycles. The predicted octanol–water partition coefficient (Wildman–Crippen LogP) is 8.84. The standard InChI is InChI=1S/C40H76O8/c1-4-6-8-10-12-14-16-18-20-22-24-26-28-34(32-46-40-39(45)38(44)37(43)36(31-41)48-40)30-35(47-33(3)42)29-27-25-23-21-19-17-15-13-11-9-7-5-2/h30,35-41,43-45H,4-29,31-32H2,1-3H3/b34-30+/t35-,36+,37+,38-,39+,40+/m0/s1. The van der Waals surface area contributed by atoms with Crippen LogP contribution in [-0.4, -0.2) is 76.4 Å². The number of unbranched alkanes of at least 4 members (excludes halogenated alkanes) is 22. The third-order valence-electron chi connectivity index (χ3n) is 9.71. The number of carbonyl (C=O) groups excluding carboxylic acids is 1. The van der Waals surface area contributed by atoms with Crippen molar-refractivity contribution in [3.8, 4) is 0 Å². The van der Waals surface area contributed by atoms with Gasteiger partial charge in [0, 0.05) is 6.92 Å². The van der Waals surface area contributed by atoms with E-state index in [0.717, 1.165) is 44.1 Å². The van der Waals surface area contributed by atoms with Crippen LogP contribution in [0.15, 0.2) is 11.6 Å². The summed E-state index contributed by atoms with van der Waals surface area (Å²) in [5.41, 5.74) is 0.962. The summed E-state index contributed by atoms with van der Waals surface area (Å²) < 4.78 is 17.2. The lowest BCUT2D eigenvalue weighted by Gasteiger charge is -2.39. The topological polar surface area (TPSA) is 126 Å². The number of aliphatic hydroxyl groups excluding tert-OH is 4. The molecular formula is C40H76O8. The summed E-state index contributed by atoms with van der Waals surface area (Å²) in [6.45, 7) is 5.59. The highest BCUT2D eigenvalue weighted by Gasteiger charge is 2.44. The zero-order valence-electron chi connectivity index (χ0n) is 31.3. The maximum absolute atomic E-state index is 12.0. The van der Waals surface area contributed by atoms with Crippen molar-refractivity contribution < 1.29 is 39.4 Å². The fourth-order valence-electron chi connectivity index (χ4n) is 6.63. The summed E-state index contributed by atoms with van der Waals surface area (Å²) in [7, 11) is 0. The lowest BCUT2D eigenvalue weighted by atomic mass is 9.99. The van der Waals surface area contributed by atoms with Gasteiger partial charge in [0.1, 0.15) is 30.5 Å². The second kappa shape index (κ2) is 30.8. The number of hydrogen-bond donors (Lipinski definition) is 4. The first-order chi connectivity index (χ1) is 23.3. The minimum atomic E-state index is -1.48. The van der Waals surface area contributed by atoms with Crippen LogP contribution in [0.2, 0.25) is 0 Å². The summed E-state index contributed by atoms with van der Waals surface area (Å²) >= 11 is 0. The third kappa shape index (κ3) is 22.6. The molecule has 0 aromatic carbocycles. The van der Waals surface area contributed by atoms with E-state index in [1.165, 1.54) is 135 Å². The summed E-state index contributed by atoms with van der Waals surface area (Å²) in [6, 6.07) is 0. The molecular weight excluding hydrogens is 608 g/mol. The van der Waals surface area contributed by atoms with Crippen LogP contribution in [0.4, 0.5) is 0 Å². The lowest BCUT2D eigenvalue weighted by molar-refractivity contribution is -0.299. The smallest absolute Gasteiger partial charge is 0.303 e. The Labute approximate surface area is 294 Å². The molecule has 8 heteroatoms.